The van der Waals surface area contributed by atoms with Gasteiger partial charge < -0.3 is 4.90 Å². The molecule has 2 rings (SSSR count). The molecule has 0 N–H and O–H groups in total. The van der Waals surface area contributed by atoms with E-state index in [2.05, 4.69) is 4.98 Å². The van der Waals surface area contributed by atoms with Crippen molar-refractivity contribution in [3.63, 3.8) is 0 Å². The molecule has 0 radical (unpaired) electrons. The van der Waals surface area contributed by atoms with Crippen LogP contribution in [0.3, 0.4) is 0 Å². The molecule has 2 heterocycles. The number of hydrogen-bond donors (Lipinski definition) is 0. The van der Waals surface area contributed by atoms with Gasteiger partial charge in [0.05, 0.1) is 11.0 Å². The fourth-order valence-electron chi connectivity index (χ4n) is 2.46. The predicted molar refractivity (Wildman–Crippen MR) is 71.3 cm³/mol. The molecule has 0 saturated carbocycles. The van der Waals surface area contributed by atoms with Crippen LogP contribution in [-0.4, -0.2) is 28.3 Å². The molecule has 1 saturated heterocycles. The number of Topliss-reactive ketones (excluding diaryl/α,β-unsaturated/α-hetero) is 1. The number of piperidine rings is 1. The second-order valence-electron chi connectivity index (χ2n) is 4.72. The van der Waals surface area contributed by atoms with Crippen molar-refractivity contribution in [3.05, 3.63) is 27.9 Å². The summed E-state index contributed by atoms with van der Waals surface area (Å²) in [6.45, 7) is 2.19. The Morgan fingerprint density at radius 1 is 1.55 bits per heavy atom. The first kappa shape index (κ1) is 13.9. The van der Waals surface area contributed by atoms with E-state index in [1.54, 1.807) is 6.07 Å². The van der Waals surface area contributed by atoms with Crippen LogP contribution in [0.5, 0.6) is 0 Å². The molecule has 0 spiro atoms. The zero-order valence-electron chi connectivity index (χ0n) is 11.1. The van der Waals surface area contributed by atoms with Crippen molar-refractivity contribution in [2.24, 2.45) is 0 Å². The van der Waals surface area contributed by atoms with Crippen LogP contribution in [0.1, 0.15) is 31.9 Å². The number of nitriles is 1. The van der Waals surface area contributed by atoms with Gasteiger partial charge in [0.1, 0.15) is 11.9 Å². The molecule has 0 bridgehead atoms. The van der Waals surface area contributed by atoms with E-state index in [1.807, 2.05) is 4.90 Å². The Morgan fingerprint density at radius 3 is 2.90 bits per heavy atom. The lowest BCUT2D eigenvalue weighted by atomic mass is 9.99. The summed E-state index contributed by atoms with van der Waals surface area (Å²) >= 11 is 0. The molecule has 1 aromatic heterocycles. The summed E-state index contributed by atoms with van der Waals surface area (Å²) in [4.78, 5) is 27.7. The predicted octanol–water partition coefficient (Wildman–Crippen LogP) is 1.81. The summed E-state index contributed by atoms with van der Waals surface area (Å²) in [5, 5.41) is 19.8. The minimum atomic E-state index is -0.631. The van der Waals surface area contributed by atoms with Crippen molar-refractivity contribution in [2.75, 3.05) is 11.4 Å². The molecule has 0 amide bonds. The van der Waals surface area contributed by atoms with Crippen LogP contribution in [0, 0.1) is 21.4 Å². The van der Waals surface area contributed by atoms with Crippen molar-refractivity contribution in [1.82, 2.24) is 4.98 Å². The van der Waals surface area contributed by atoms with E-state index in [1.165, 1.54) is 19.1 Å². The van der Waals surface area contributed by atoms with Crippen LogP contribution in [-0.2, 0) is 4.79 Å². The van der Waals surface area contributed by atoms with Gasteiger partial charge in [-0.05, 0) is 32.3 Å². The van der Waals surface area contributed by atoms with Gasteiger partial charge in [-0.25, -0.2) is 4.98 Å². The minimum absolute atomic E-state index is 0.0448. The minimum Gasteiger partial charge on any atom is -0.347 e. The first-order valence-electron chi connectivity index (χ1n) is 6.37. The molecule has 7 nitrogen and oxygen atoms in total. The number of pyridine rings is 1. The van der Waals surface area contributed by atoms with Gasteiger partial charge in [-0.15, -0.1) is 0 Å². The van der Waals surface area contributed by atoms with Crippen LogP contribution in [0.25, 0.3) is 0 Å². The lowest BCUT2D eigenvalue weighted by Crippen LogP contribution is -2.44. The molecule has 104 valence electrons. The van der Waals surface area contributed by atoms with E-state index in [0.29, 0.717) is 12.4 Å². The number of anilines is 1. The molecule has 1 aliphatic rings. The van der Waals surface area contributed by atoms with Gasteiger partial charge in [0.15, 0.2) is 5.78 Å². The number of hydrogen-bond acceptors (Lipinski definition) is 6. The van der Waals surface area contributed by atoms with E-state index >= 15 is 0 Å². The Morgan fingerprint density at radius 2 is 2.30 bits per heavy atom. The standard InChI is InChI=1S/C13H14N4O3/c1-9(18)11-4-2-3-7-16(11)13-6-5-12(17(19)20)10(8-14)15-13/h5-6,11H,2-4,7H2,1H3. The maximum absolute atomic E-state index is 11.7. The molecule has 20 heavy (non-hydrogen) atoms. The highest BCUT2D eigenvalue weighted by atomic mass is 16.6. The molecule has 0 aromatic carbocycles. The van der Waals surface area contributed by atoms with Crippen LogP contribution in [0.2, 0.25) is 0 Å². The zero-order chi connectivity index (χ0) is 14.7. The van der Waals surface area contributed by atoms with Crippen molar-refractivity contribution in [2.45, 2.75) is 32.2 Å². The van der Waals surface area contributed by atoms with Gasteiger partial charge in [0, 0.05) is 12.6 Å². The number of aromatic nitrogens is 1. The average Bonchev–Trinajstić information content (AvgIpc) is 2.46. The Hall–Kier alpha value is -2.49. The second-order valence-corrected chi connectivity index (χ2v) is 4.72. The van der Waals surface area contributed by atoms with E-state index in [4.69, 9.17) is 5.26 Å². The SMILES string of the molecule is CC(=O)C1CCCCN1c1ccc([N+](=O)[O-])c(C#N)n1. The molecule has 1 atom stereocenters. The normalized spacial score (nSPS) is 18.4. The largest absolute Gasteiger partial charge is 0.347 e. The molecule has 1 unspecified atom stereocenters. The third-order valence-electron chi connectivity index (χ3n) is 3.43. The van der Waals surface area contributed by atoms with Crippen LogP contribution in [0.15, 0.2) is 12.1 Å². The third-order valence-corrected chi connectivity index (χ3v) is 3.43. The Labute approximate surface area is 116 Å². The molecule has 1 aliphatic heterocycles. The number of nitro groups is 1. The third kappa shape index (κ3) is 2.59. The fraction of sp³-hybridized carbons (Fsp3) is 0.462. The van der Waals surface area contributed by atoms with Crippen molar-refractivity contribution >= 4 is 17.3 Å². The quantitative estimate of drug-likeness (QED) is 0.615. The molecular formula is C13H14N4O3. The first-order valence-corrected chi connectivity index (χ1v) is 6.37. The Kier molecular flexibility index (Phi) is 3.94. The molecule has 0 aliphatic carbocycles. The van der Waals surface area contributed by atoms with Crippen molar-refractivity contribution in [3.8, 4) is 6.07 Å². The summed E-state index contributed by atoms with van der Waals surface area (Å²) in [5.74, 6) is 0.496. The van der Waals surface area contributed by atoms with Crippen molar-refractivity contribution < 1.29 is 9.72 Å². The Balaban J connectivity index is 2.39. The number of rotatable bonds is 3. The van der Waals surface area contributed by atoms with E-state index < -0.39 is 4.92 Å². The average molecular weight is 274 g/mol. The Bertz CT molecular complexity index is 594. The van der Waals surface area contributed by atoms with Crippen LogP contribution < -0.4 is 4.90 Å². The summed E-state index contributed by atoms with van der Waals surface area (Å²) in [7, 11) is 0. The van der Waals surface area contributed by atoms with Crippen LogP contribution in [0.4, 0.5) is 11.5 Å². The van der Waals surface area contributed by atoms with Gasteiger partial charge in [0.25, 0.3) is 0 Å². The molecule has 1 aromatic rings. The first-order chi connectivity index (χ1) is 9.54. The molecular weight excluding hydrogens is 260 g/mol. The summed E-state index contributed by atoms with van der Waals surface area (Å²) in [6, 6.07) is 4.25. The van der Waals surface area contributed by atoms with Gasteiger partial charge in [-0.3, -0.25) is 14.9 Å². The maximum atomic E-state index is 11.7. The van der Waals surface area contributed by atoms with Gasteiger partial charge in [0.2, 0.25) is 5.69 Å². The summed E-state index contributed by atoms with van der Waals surface area (Å²) < 4.78 is 0. The zero-order valence-corrected chi connectivity index (χ0v) is 11.1. The highest BCUT2D eigenvalue weighted by molar-refractivity contribution is 5.85. The van der Waals surface area contributed by atoms with Gasteiger partial charge in [-0.1, -0.05) is 0 Å². The second kappa shape index (κ2) is 5.65. The number of carbonyl (C=O) groups excluding carboxylic acids is 1. The summed E-state index contributed by atoms with van der Waals surface area (Å²) in [5.41, 5.74) is -0.534. The van der Waals surface area contributed by atoms with E-state index in [0.717, 1.165) is 19.3 Å². The van der Waals surface area contributed by atoms with Gasteiger partial charge in [-0.2, -0.15) is 5.26 Å². The smallest absolute Gasteiger partial charge is 0.305 e. The highest BCUT2D eigenvalue weighted by Gasteiger charge is 2.28. The monoisotopic (exact) mass is 274 g/mol. The molecule has 7 heteroatoms. The fourth-order valence-corrected chi connectivity index (χ4v) is 2.46. The number of ketones is 1. The summed E-state index contributed by atoms with van der Waals surface area (Å²) in [6.07, 6.45) is 2.65. The number of carbonyl (C=O) groups is 1. The lowest BCUT2D eigenvalue weighted by molar-refractivity contribution is -0.385. The highest BCUT2D eigenvalue weighted by Crippen LogP contribution is 2.26. The molecule has 1 fully saturated rings. The maximum Gasteiger partial charge on any atom is 0.305 e. The number of nitrogens with zero attached hydrogens (tertiary/aromatic N) is 4. The van der Waals surface area contributed by atoms with Gasteiger partial charge >= 0.3 is 5.69 Å². The van der Waals surface area contributed by atoms with Crippen molar-refractivity contribution in [1.29, 1.82) is 5.26 Å². The van der Waals surface area contributed by atoms with E-state index in [9.17, 15) is 14.9 Å². The van der Waals surface area contributed by atoms with E-state index in [-0.39, 0.29) is 23.2 Å². The van der Waals surface area contributed by atoms with Crippen LogP contribution >= 0.6 is 0 Å². The topological polar surface area (TPSA) is 100 Å². The lowest BCUT2D eigenvalue weighted by Gasteiger charge is -2.35.